The van der Waals surface area contributed by atoms with Crippen LogP contribution in [0.5, 0.6) is 0 Å². The predicted molar refractivity (Wildman–Crippen MR) is 69.7 cm³/mol. The summed E-state index contributed by atoms with van der Waals surface area (Å²) in [5, 5.41) is 11.9. The van der Waals surface area contributed by atoms with E-state index >= 15 is 0 Å². The maximum Gasteiger partial charge on any atom is 0.354 e. The van der Waals surface area contributed by atoms with E-state index in [0.717, 1.165) is 5.56 Å². The Morgan fingerprint density at radius 3 is 2.78 bits per heavy atom. The fourth-order valence-corrected chi connectivity index (χ4v) is 1.67. The van der Waals surface area contributed by atoms with Crippen molar-refractivity contribution in [2.45, 2.75) is 13.5 Å². The lowest BCUT2D eigenvalue weighted by Gasteiger charge is -2.06. The van der Waals surface area contributed by atoms with Crippen molar-refractivity contribution in [1.82, 2.24) is 4.98 Å². The third-order valence-corrected chi connectivity index (χ3v) is 2.52. The predicted octanol–water partition coefficient (Wildman–Crippen LogP) is 2.70. The van der Waals surface area contributed by atoms with Gasteiger partial charge in [-0.25, -0.2) is 9.78 Å². The maximum atomic E-state index is 10.8. The Morgan fingerprint density at radius 2 is 2.06 bits per heavy atom. The third-order valence-electron chi connectivity index (χ3n) is 2.52. The molecule has 0 saturated heterocycles. The number of hydrogen-bond donors (Lipinski definition) is 2. The number of nitrogens with zero attached hydrogens (tertiary/aromatic N) is 1. The molecule has 0 unspecified atom stereocenters. The molecule has 1 aromatic heterocycles. The first-order valence-electron chi connectivity index (χ1n) is 5.65. The fraction of sp³-hybridized carbons (Fsp3) is 0.143. The number of aromatic nitrogens is 1. The number of anilines is 1. The Morgan fingerprint density at radius 1 is 1.28 bits per heavy atom. The molecule has 0 atom stereocenters. The van der Waals surface area contributed by atoms with Crippen LogP contribution in [-0.2, 0) is 6.54 Å². The summed E-state index contributed by atoms with van der Waals surface area (Å²) in [5.41, 5.74) is 2.38. The van der Waals surface area contributed by atoms with Gasteiger partial charge in [0.1, 0.15) is 5.82 Å². The quantitative estimate of drug-likeness (QED) is 0.865. The van der Waals surface area contributed by atoms with E-state index < -0.39 is 5.97 Å². The van der Waals surface area contributed by atoms with Crippen LogP contribution in [0.1, 0.15) is 21.6 Å². The smallest absolute Gasteiger partial charge is 0.354 e. The van der Waals surface area contributed by atoms with Crippen LogP contribution < -0.4 is 5.32 Å². The Balaban J connectivity index is 2.06. The molecule has 0 bridgehead atoms. The number of nitrogens with one attached hydrogen (secondary N) is 1. The van der Waals surface area contributed by atoms with Crippen LogP contribution in [0.15, 0.2) is 42.5 Å². The van der Waals surface area contributed by atoms with Gasteiger partial charge in [-0.3, -0.25) is 0 Å². The van der Waals surface area contributed by atoms with E-state index in [4.69, 9.17) is 5.11 Å². The van der Waals surface area contributed by atoms with Crippen molar-refractivity contribution in [2.24, 2.45) is 0 Å². The molecule has 0 aliphatic carbocycles. The Labute approximate surface area is 105 Å². The minimum atomic E-state index is -1.02. The zero-order valence-electron chi connectivity index (χ0n) is 10.1. The molecule has 0 fully saturated rings. The first-order chi connectivity index (χ1) is 8.65. The summed E-state index contributed by atoms with van der Waals surface area (Å²) in [6.45, 7) is 2.66. The monoisotopic (exact) mass is 242 g/mol. The van der Waals surface area contributed by atoms with Gasteiger partial charge >= 0.3 is 5.97 Å². The van der Waals surface area contributed by atoms with E-state index in [2.05, 4.69) is 16.4 Å². The van der Waals surface area contributed by atoms with Gasteiger partial charge in [0.15, 0.2) is 5.69 Å². The second-order valence-corrected chi connectivity index (χ2v) is 4.06. The van der Waals surface area contributed by atoms with Gasteiger partial charge in [0.2, 0.25) is 0 Å². The lowest BCUT2D eigenvalue weighted by molar-refractivity contribution is 0.0690. The Hall–Kier alpha value is -2.36. The molecular formula is C14H14N2O2. The molecule has 0 aliphatic rings. The van der Waals surface area contributed by atoms with Gasteiger partial charge in [-0.15, -0.1) is 0 Å². The van der Waals surface area contributed by atoms with E-state index in [0.29, 0.717) is 12.4 Å². The number of aryl methyl sites for hydroxylation is 1. The summed E-state index contributed by atoms with van der Waals surface area (Å²) in [6, 6.07) is 13.0. The highest BCUT2D eigenvalue weighted by Gasteiger charge is 2.04. The van der Waals surface area contributed by atoms with Crippen molar-refractivity contribution >= 4 is 11.8 Å². The summed E-state index contributed by atoms with van der Waals surface area (Å²) in [5.74, 6) is -0.453. The van der Waals surface area contributed by atoms with Crippen LogP contribution in [0.2, 0.25) is 0 Å². The van der Waals surface area contributed by atoms with Crippen molar-refractivity contribution in [3.8, 4) is 0 Å². The standard InChI is InChI=1S/C14H14N2O2/c1-10-4-2-5-11(8-10)9-15-13-7-3-6-12(16-13)14(17)18/h2-8H,9H2,1H3,(H,15,16)(H,17,18). The van der Waals surface area contributed by atoms with E-state index in [1.807, 2.05) is 25.1 Å². The highest BCUT2D eigenvalue weighted by atomic mass is 16.4. The average molecular weight is 242 g/mol. The van der Waals surface area contributed by atoms with Crippen LogP contribution in [-0.4, -0.2) is 16.1 Å². The highest BCUT2D eigenvalue weighted by molar-refractivity contribution is 5.85. The molecule has 2 aromatic rings. The van der Waals surface area contributed by atoms with Gasteiger partial charge in [-0.1, -0.05) is 35.9 Å². The number of carboxylic acid groups (broad SMARTS) is 1. The normalized spacial score (nSPS) is 10.1. The van der Waals surface area contributed by atoms with Crippen LogP contribution in [0.3, 0.4) is 0 Å². The molecule has 4 nitrogen and oxygen atoms in total. The van der Waals surface area contributed by atoms with E-state index in [1.165, 1.54) is 11.6 Å². The molecule has 2 N–H and O–H groups in total. The average Bonchev–Trinajstić information content (AvgIpc) is 2.37. The molecule has 0 radical (unpaired) electrons. The van der Waals surface area contributed by atoms with Crippen molar-refractivity contribution < 1.29 is 9.90 Å². The van der Waals surface area contributed by atoms with Gasteiger partial charge in [0.25, 0.3) is 0 Å². The molecule has 4 heteroatoms. The van der Waals surface area contributed by atoms with Gasteiger partial charge < -0.3 is 10.4 Å². The summed E-state index contributed by atoms with van der Waals surface area (Å²) in [6.07, 6.45) is 0. The number of benzene rings is 1. The maximum absolute atomic E-state index is 10.8. The van der Waals surface area contributed by atoms with Crippen LogP contribution in [0, 0.1) is 6.92 Å². The van der Waals surface area contributed by atoms with Gasteiger partial charge in [0.05, 0.1) is 0 Å². The summed E-state index contributed by atoms with van der Waals surface area (Å²) in [4.78, 5) is 14.8. The van der Waals surface area contributed by atoms with Crippen LogP contribution >= 0.6 is 0 Å². The van der Waals surface area contributed by atoms with Crippen LogP contribution in [0.4, 0.5) is 5.82 Å². The number of rotatable bonds is 4. The lowest BCUT2D eigenvalue weighted by atomic mass is 10.1. The van der Waals surface area contributed by atoms with Crippen molar-refractivity contribution in [2.75, 3.05) is 5.32 Å². The summed E-state index contributed by atoms with van der Waals surface area (Å²) in [7, 11) is 0. The second kappa shape index (κ2) is 5.31. The SMILES string of the molecule is Cc1cccc(CNc2cccc(C(=O)O)n2)c1. The third kappa shape index (κ3) is 3.07. The van der Waals surface area contributed by atoms with Crippen molar-refractivity contribution in [1.29, 1.82) is 0 Å². The fourth-order valence-electron chi connectivity index (χ4n) is 1.67. The highest BCUT2D eigenvalue weighted by Crippen LogP contribution is 2.09. The molecule has 2 rings (SSSR count). The number of aromatic carboxylic acids is 1. The van der Waals surface area contributed by atoms with Gasteiger partial charge in [-0.05, 0) is 24.6 Å². The lowest BCUT2D eigenvalue weighted by Crippen LogP contribution is -2.05. The Bertz CT molecular complexity index is 567. The molecule has 18 heavy (non-hydrogen) atoms. The van der Waals surface area contributed by atoms with Gasteiger partial charge in [-0.2, -0.15) is 0 Å². The van der Waals surface area contributed by atoms with Crippen molar-refractivity contribution in [3.05, 3.63) is 59.3 Å². The second-order valence-electron chi connectivity index (χ2n) is 4.06. The van der Waals surface area contributed by atoms with Crippen LogP contribution in [0.25, 0.3) is 0 Å². The Kier molecular flexibility index (Phi) is 3.57. The van der Waals surface area contributed by atoms with Gasteiger partial charge in [0, 0.05) is 6.54 Å². The topological polar surface area (TPSA) is 62.2 Å². The zero-order chi connectivity index (χ0) is 13.0. The number of carboxylic acids is 1. The minimum absolute atomic E-state index is 0.0456. The van der Waals surface area contributed by atoms with E-state index in [1.54, 1.807) is 12.1 Å². The molecule has 1 heterocycles. The summed E-state index contributed by atoms with van der Waals surface area (Å²) >= 11 is 0. The summed E-state index contributed by atoms with van der Waals surface area (Å²) < 4.78 is 0. The first-order valence-corrected chi connectivity index (χ1v) is 5.65. The molecule has 0 aliphatic heterocycles. The molecule has 1 aromatic carbocycles. The zero-order valence-corrected chi connectivity index (χ0v) is 10.1. The number of hydrogen-bond acceptors (Lipinski definition) is 3. The molecule has 0 amide bonds. The first kappa shape index (κ1) is 12.1. The largest absolute Gasteiger partial charge is 0.477 e. The number of carbonyl (C=O) groups is 1. The minimum Gasteiger partial charge on any atom is -0.477 e. The van der Waals surface area contributed by atoms with Crippen molar-refractivity contribution in [3.63, 3.8) is 0 Å². The molecular weight excluding hydrogens is 228 g/mol. The number of pyridine rings is 1. The molecule has 92 valence electrons. The molecule has 0 saturated carbocycles. The molecule has 0 spiro atoms. The van der Waals surface area contributed by atoms with E-state index in [9.17, 15) is 4.79 Å². The van der Waals surface area contributed by atoms with E-state index in [-0.39, 0.29) is 5.69 Å².